The average Bonchev–Trinajstić information content (AvgIpc) is 3.22. The minimum atomic E-state index is -0.986. The van der Waals surface area contributed by atoms with Crippen LogP contribution in [0, 0.1) is 30.1 Å². The molecule has 0 atom stereocenters. The fourth-order valence-electron chi connectivity index (χ4n) is 2.60. The maximum absolute atomic E-state index is 5.49. The normalized spacial score (nSPS) is 13.4. The van der Waals surface area contributed by atoms with Gasteiger partial charge in [0.15, 0.2) is 0 Å². The number of terminal acetylenes is 1. The van der Waals surface area contributed by atoms with Gasteiger partial charge in [0.05, 0.1) is 5.92 Å². The van der Waals surface area contributed by atoms with Gasteiger partial charge in [0.2, 0.25) is 0 Å². The first kappa shape index (κ1) is 17.6. The van der Waals surface area contributed by atoms with E-state index in [9.17, 15) is 0 Å². The van der Waals surface area contributed by atoms with E-state index in [4.69, 9.17) is 6.42 Å². The van der Waals surface area contributed by atoms with Crippen LogP contribution in [0.15, 0.2) is 96.4 Å². The molecule has 0 aliphatic heterocycles. The van der Waals surface area contributed by atoms with E-state index >= 15 is 0 Å². The molecule has 0 saturated heterocycles. The highest BCUT2D eigenvalue weighted by Crippen LogP contribution is 2.08. The van der Waals surface area contributed by atoms with Crippen LogP contribution >= 0.6 is 0 Å². The minimum absolute atomic E-state index is 0.245. The molecule has 0 nitrogen and oxygen atoms in total. The Kier molecular flexibility index (Phi) is 6.27. The van der Waals surface area contributed by atoms with E-state index in [2.05, 4.69) is 77.7 Å². The second kappa shape index (κ2) is 9.28. The van der Waals surface area contributed by atoms with Crippen molar-refractivity contribution in [3.63, 3.8) is 0 Å². The Morgan fingerprint density at radius 1 is 0.923 bits per heavy atom. The fourth-order valence-corrected chi connectivity index (χ4v) is 4.31. The summed E-state index contributed by atoms with van der Waals surface area (Å²) in [6.07, 6.45) is 17.9. The predicted molar refractivity (Wildman–Crippen MR) is 114 cm³/mol. The third-order valence-corrected chi connectivity index (χ3v) is 6.01. The molecule has 0 N–H and O–H groups in total. The zero-order valence-corrected chi connectivity index (χ0v) is 15.5. The van der Waals surface area contributed by atoms with Crippen molar-refractivity contribution in [3.05, 3.63) is 108 Å². The lowest BCUT2D eigenvalue weighted by molar-refractivity contribution is 1.15. The van der Waals surface area contributed by atoms with E-state index in [1.54, 1.807) is 0 Å². The van der Waals surface area contributed by atoms with Crippen molar-refractivity contribution in [1.29, 1.82) is 0 Å². The number of allylic oxidation sites excluding steroid dienone is 5. The quantitative estimate of drug-likeness (QED) is 0.566. The molecule has 0 bridgehead atoms. The predicted octanol–water partition coefficient (Wildman–Crippen LogP) is 4.46. The van der Waals surface area contributed by atoms with Crippen molar-refractivity contribution in [3.8, 4) is 24.2 Å². The molecule has 2 aromatic rings. The first-order valence-corrected chi connectivity index (χ1v) is 10.2. The van der Waals surface area contributed by atoms with Crippen molar-refractivity contribution in [2.75, 3.05) is 0 Å². The molecule has 0 fully saturated rings. The van der Waals surface area contributed by atoms with Crippen molar-refractivity contribution in [1.82, 2.24) is 0 Å². The van der Waals surface area contributed by atoms with Crippen LogP contribution in [0.4, 0.5) is 0 Å². The number of hydrogen-bond donors (Lipinski definition) is 0. The molecule has 26 heavy (non-hydrogen) atoms. The molecule has 3 rings (SSSR count). The molecular weight excluding hydrogens is 328 g/mol. The van der Waals surface area contributed by atoms with Gasteiger partial charge in [0.25, 0.3) is 0 Å². The van der Waals surface area contributed by atoms with Gasteiger partial charge in [-0.15, -0.1) is 6.42 Å². The van der Waals surface area contributed by atoms with Crippen LogP contribution in [0.25, 0.3) is 6.08 Å². The lowest BCUT2D eigenvalue weighted by Gasteiger charge is -2.05. The molecule has 0 heterocycles. The number of benzene rings is 2. The maximum Gasteiger partial charge on any atom is 0.140 e. The van der Waals surface area contributed by atoms with E-state index in [0.29, 0.717) is 0 Å². The third kappa shape index (κ3) is 5.12. The van der Waals surface area contributed by atoms with Gasteiger partial charge in [-0.1, -0.05) is 107 Å². The van der Waals surface area contributed by atoms with Crippen LogP contribution < -0.4 is 5.19 Å². The van der Waals surface area contributed by atoms with Gasteiger partial charge in [-0.05, 0) is 23.8 Å². The highest BCUT2D eigenvalue weighted by atomic mass is 28.3. The van der Waals surface area contributed by atoms with Crippen molar-refractivity contribution in [2.45, 2.75) is 0 Å². The van der Waals surface area contributed by atoms with Crippen LogP contribution in [0.5, 0.6) is 0 Å². The molecule has 2 aromatic carbocycles. The Bertz CT molecular complexity index is 944. The highest BCUT2D eigenvalue weighted by Gasteiger charge is 2.06. The van der Waals surface area contributed by atoms with Gasteiger partial charge in [0.1, 0.15) is 8.80 Å². The van der Waals surface area contributed by atoms with E-state index in [1.165, 1.54) is 5.19 Å². The maximum atomic E-state index is 5.49. The van der Waals surface area contributed by atoms with Crippen LogP contribution in [0.1, 0.15) is 11.1 Å². The molecular formula is C25H19Si. The minimum Gasteiger partial charge on any atom is -0.115 e. The Labute approximate surface area is 157 Å². The average molecular weight is 348 g/mol. The van der Waals surface area contributed by atoms with Crippen LogP contribution in [0.3, 0.4) is 0 Å². The SMILES string of the molecule is C#Cc1cccc(/C=C/[Si](/C=C/C#CC2C=CC=C2)c2ccccc2)c1. The molecule has 1 aliphatic rings. The summed E-state index contributed by atoms with van der Waals surface area (Å²) in [5, 5.41) is 1.33. The van der Waals surface area contributed by atoms with Gasteiger partial charge in [-0.25, -0.2) is 0 Å². The van der Waals surface area contributed by atoms with Gasteiger partial charge < -0.3 is 0 Å². The second-order valence-corrected chi connectivity index (χ2v) is 8.00. The van der Waals surface area contributed by atoms with E-state index in [1.807, 2.05) is 42.5 Å². The topological polar surface area (TPSA) is 0 Å². The third-order valence-electron chi connectivity index (χ3n) is 3.96. The highest BCUT2D eigenvalue weighted by molar-refractivity contribution is 6.82. The van der Waals surface area contributed by atoms with Gasteiger partial charge >= 0.3 is 0 Å². The molecule has 0 amide bonds. The first-order chi connectivity index (χ1) is 12.8. The van der Waals surface area contributed by atoms with Crippen LogP contribution in [-0.2, 0) is 0 Å². The largest absolute Gasteiger partial charge is 0.140 e. The summed E-state index contributed by atoms with van der Waals surface area (Å²) in [5.74, 6) is 9.34. The monoisotopic (exact) mass is 347 g/mol. The Morgan fingerprint density at radius 3 is 2.50 bits per heavy atom. The summed E-state index contributed by atoms with van der Waals surface area (Å²) >= 11 is 0. The fraction of sp³-hybridized carbons (Fsp3) is 0.0400. The summed E-state index contributed by atoms with van der Waals surface area (Å²) in [7, 11) is -0.986. The summed E-state index contributed by atoms with van der Waals surface area (Å²) in [6, 6.07) is 18.6. The lowest BCUT2D eigenvalue weighted by atomic mass is 10.1. The van der Waals surface area contributed by atoms with Gasteiger partial charge in [-0.3, -0.25) is 0 Å². The van der Waals surface area contributed by atoms with Crippen molar-refractivity contribution >= 4 is 20.1 Å². The zero-order valence-electron chi connectivity index (χ0n) is 14.5. The number of rotatable bonds is 4. The summed E-state index contributed by atoms with van der Waals surface area (Å²) in [5.41, 5.74) is 6.54. The standard InChI is InChI=1S/C25H19Si/c1-2-22-14-10-15-24(21-22)18-20-26(25-16-4-3-5-17-25)19-9-8-13-23-11-6-7-12-23/h1,3-7,9-12,14-21,23H/b19-9+,20-18+. The van der Waals surface area contributed by atoms with Gasteiger partial charge in [-0.2, -0.15) is 0 Å². The number of hydrogen-bond acceptors (Lipinski definition) is 0. The Balaban J connectivity index is 1.79. The zero-order chi connectivity index (χ0) is 18.0. The van der Waals surface area contributed by atoms with Crippen LogP contribution in [0.2, 0.25) is 0 Å². The molecule has 123 valence electrons. The van der Waals surface area contributed by atoms with E-state index < -0.39 is 8.80 Å². The smallest absolute Gasteiger partial charge is 0.115 e. The molecule has 1 heteroatoms. The molecule has 0 saturated carbocycles. The van der Waals surface area contributed by atoms with Crippen LogP contribution in [-0.4, -0.2) is 8.80 Å². The van der Waals surface area contributed by atoms with E-state index in [0.717, 1.165) is 11.1 Å². The molecule has 0 unspecified atom stereocenters. The van der Waals surface area contributed by atoms with Crippen molar-refractivity contribution in [2.24, 2.45) is 5.92 Å². The van der Waals surface area contributed by atoms with E-state index in [-0.39, 0.29) is 5.92 Å². The van der Waals surface area contributed by atoms with Gasteiger partial charge in [0, 0.05) is 5.56 Å². The first-order valence-electron chi connectivity index (χ1n) is 8.55. The Hall–Kier alpha value is -3.26. The van der Waals surface area contributed by atoms with Crippen molar-refractivity contribution < 1.29 is 0 Å². The molecule has 0 spiro atoms. The molecule has 1 aliphatic carbocycles. The second-order valence-electron chi connectivity index (χ2n) is 5.84. The molecule has 0 aromatic heterocycles. The Morgan fingerprint density at radius 2 is 1.73 bits per heavy atom. The summed E-state index contributed by atoms with van der Waals surface area (Å²) in [6.45, 7) is 0. The molecule has 1 radical (unpaired) electrons. The lowest BCUT2D eigenvalue weighted by Crippen LogP contribution is -2.25. The summed E-state index contributed by atoms with van der Waals surface area (Å²) < 4.78 is 0. The summed E-state index contributed by atoms with van der Waals surface area (Å²) in [4.78, 5) is 0.